The molecule has 212 valence electrons. The van der Waals surface area contributed by atoms with Gasteiger partial charge < -0.3 is 9.64 Å². The number of benzene rings is 2. The van der Waals surface area contributed by atoms with Crippen LogP contribution in [0.1, 0.15) is 80.7 Å². The molecule has 1 amide bonds. The Hall–Kier alpha value is -2.88. The van der Waals surface area contributed by atoms with E-state index in [0.717, 1.165) is 5.56 Å². The van der Waals surface area contributed by atoms with Crippen molar-refractivity contribution in [3.8, 4) is 0 Å². The Balaban J connectivity index is 1.62. The summed E-state index contributed by atoms with van der Waals surface area (Å²) in [6.07, 6.45) is -8.17. The highest BCUT2D eigenvalue weighted by Crippen LogP contribution is 2.48. The number of likely N-dealkylation sites (tertiary alicyclic amines) is 1. The summed E-state index contributed by atoms with van der Waals surface area (Å²) in [4.78, 5) is 27.1. The first-order valence-electron chi connectivity index (χ1n) is 13.0. The molecule has 0 aromatic heterocycles. The van der Waals surface area contributed by atoms with E-state index in [9.17, 15) is 35.9 Å². The van der Waals surface area contributed by atoms with Crippen LogP contribution < -0.4 is 0 Å². The van der Waals surface area contributed by atoms with E-state index in [2.05, 4.69) is 0 Å². The third-order valence-electron chi connectivity index (χ3n) is 8.35. The average Bonchev–Trinajstić information content (AvgIpc) is 3.33. The van der Waals surface area contributed by atoms with Crippen LogP contribution >= 0.6 is 0 Å². The Bertz CT molecular complexity index is 1170. The second-order valence-electron chi connectivity index (χ2n) is 10.7. The molecule has 0 N–H and O–H groups in total. The molecule has 2 aromatic rings. The maximum absolute atomic E-state index is 13.4. The van der Waals surface area contributed by atoms with Crippen molar-refractivity contribution in [2.75, 3.05) is 13.2 Å². The summed E-state index contributed by atoms with van der Waals surface area (Å²) in [5.41, 5.74) is -3.65. The number of halogens is 6. The van der Waals surface area contributed by atoms with E-state index in [4.69, 9.17) is 4.74 Å². The number of carbonyl (C=O) groups excluding carboxylic acids is 2. The number of ketones is 1. The molecule has 1 heterocycles. The molecule has 39 heavy (non-hydrogen) atoms. The topological polar surface area (TPSA) is 46.6 Å². The monoisotopic (exact) mass is 555 g/mol. The molecule has 2 aromatic carbocycles. The van der Waals surface area contributed by atoms with Crippen molar-refractivity contribution < 1.29 is 40.7 Å². The normalized spacial score (nSPS) is 25.1. The maximum atomic E-state index is 13.4. The van der Waals surface area contributed by atoms with Crippen LogP contribution in [0.2, 0.25) is 0 Å². The predicted octanol–water partition coefficient (Wildman–Crippen LogP) is 7.26. The Kier molecular flexibility index (Phi) is 7.91. The van der Waals surface area contributed by atoms with Gasteiger partial charge >= 0.3 is 12.4 Å². The number of hydrogen-bond donors (Lipinski definition) is 0. The maximum Gasteiger partial charge on any atom is 0.416 e. The third kappa shape index (κ3) is 5.85. The first-order valence-corrected chi connectivity index (χ1v) is 13.0. The van der Waals surface area contributed by atoms with Crippen molar-refractivity contribution >= 4 is 11.7 Å². The average molecular weight is 556 g/mol. The van der Waals surface area contributed by atoms with Gasteiger partial charge in [-0.2, -0.15) is 26.3 Å². The number of alkyl halides is 6. The van der Waals surface area contributed by atoms with E-state index < -0.39 is 40.5 Å². The number of hydrogen-bond acceptors (Lipinski definition) is 3. The summed E-state index contributed by atoms with van der Waals surface area (Å²) in [6, 6.07) is 10.8. The number of carbonyl (C=O) groups is 2. The fourth-order valence-corrected chi connectivity index (χ4v) is 5.96. The zero-order valence-electron chi connectivity index (χ0n) is 21.8. The van der Waals surface area contributed by atoms with Crippen molar-refractivity contribution in [3.63, 3.8) is 0 Å². The molecular weight excluding hydrogens is 524 g/mol. The van der Waals surface area contributed by atoms with Crippen molar-refractivity contribution in [1.82, 2.24) is 4.90 Å². The van der Waals surface area contributed by atoms with E-state index in [1.807, 2.05) is 30.3 Å². The molecule has 2 fully saturated rings. The van der Waals surface area contributed by atoms with E-state index in [0.29, 0.717) is 57.2 Å². The van der Waals surface area contributed by atoms with Gasteiger partial charge in [-0.05, 0) is 75.3 Å². The van der Waals surface area contributed by atoms with Gasteiger partial charge in [0, 0.05) is 18.4 Å². The van der Waals surface area contributed by atoms with E-state index >= 15 is 0 Å². The lowest BCUT2D eigenvalue weighted by Gasteiger charge is -2.49. The molecule has 1 saturated heterocycles. The Labute approximate surface area is 223 Å². The van der Waals surface area contributed by atoms with Crippen molar-refractivity contribution in [3.05, 3.63) is 70.8 Å². The van der Waals surface area contributed by atoms with Gasteiger partial charge in [0.05, 0.1) is 23.8 Å². The molecule has 0 spiro atoms. The summed E-state index contributed by atoms with van der Waals surface area (Å²) in [5.74, 6) is -0.135. The zero-order valence-corrected chi connectivity index (χ0v) is 21.8. The van der Waals surface area contributed by atoms with Crippen LogP contribution in [0, 0.1) is 0 Å². The van der Waals surface area contributed by atoms with Crippen LogP contribution in [0.25, 0.3) is 0 Å². The highest BCUT2D eigenvalue weighted by Gasteiger charge is 2.52. The number of Topliss-reactive ketones (excluding diaryl/α,β-unsaturated/α-hetero) is 1. The first-order chi connectivity index (χ1) is 18.2. The number of rotatable bonds is 7. The lowest BCUT2D eigenvalue weighted by Crippen LogP contribution is -2.58. The Morgan fingerprint density at radius 2 is 1.51 bits per heavy atom. The third-order valence-corrected chi connectivity index (χ3v) is 8.35. The highest BCUT2D eigenvalue weighted by atomic mass is 19.4. The molecule has 0 radical (unpaired) electrons. The number of amides is 1. The van der Waals surface area contributed by atoms with Crippen LogP contribution in [0.15, 0.2) is 48.5 Å². The Morgan fingerprint density at radius 1 is 0.949 bits per heavy atom. The van der Waals surface area contributed by atoms with Crippen LogP contribution in [0.4, 0.5) is 26.3 Å². The summed E-state index contributed by atoms with van der Waals surface area (Å²) >= 11 is 0. The van der Waals surface area contributed by atoms with Gasteiger partial charge in [-0.1, -0.05) is 30.3 Å². The quantitative estimate of drug-likeness (QED) is 0.338. The summed E-state index contributed by atoms with van der Waals surface area (Å²) in [6.45, 7) is 3.46. The van der Waals surface area contributed by atoms with Crippen molar-refractivity contribution in [2.45, 2.75) is 81.8 Å². The molecule has 10 heteroatoms. The molecular formula is C29H31F6NO3. The number of ether oxygens (including phenoxy) is 1. The SMILES string of the molecule is CC(=O)C1(N2CCCC2=O)CCC(COC(C)c2cc(C(F)(F)F)cc(C(F)(F)F)c2)(c2ccccc2)CC1. The lowest BCUT2D eigenvalue weighted by molar-refractivity contribution is -0.146. The molecule has 4 nitrogen and oxygen atoms in total. The molecule has 1 unspecified atom stereocenters. The van der Waals surface area contributed by atoms with Crippen LogP contribution in [-0.2, 0) is 32.1 Å². The predicted molar refractivity (Wildman–Crippen MR) is 132 cm³/mol. The zero-order chi connectivity index (χ0) is 28.6. The minimum absolute atomic E-state index is 0.0255. The molecule has 1 atom stereocenters. The van der Waals surface area contributed by atoms with Gasteiger partial charge in [0.25, 0.3) is 0 Å². The van der Waals surface area contributed by atoms with Crippen LogP contribution in [-0.4, -0.2) is 35.3 Å². The molecule has 1 aliphatic heterocycles. The second kappa shape index (κ2) is 10.6. The molecule has 1 aliphatic carbocycles. The fraction of sp³-hybridized carbons (Fsp3) is 0.517. The van der Waals surface area contributed by atoms with E-state index in [-0.39, 0.29) is 29.9 Å². The largest absolute Gasteiger partial charge is 0.416 e. The van der Waals surface area contributed by atoms with Gasteiger partial charge in [0.15, 0.2) is 5.78 Å². The van der Waals surface area contributed by atoms with E-state index in [1.54, 1.807) is 4.90 Å². The highest BCUT2D eigenvalue weighted by molar-refractivity contribution is 5.92. The first kappa shape index (κ1) is 29.1. The van der Waals surface area contributed by atoms with Crippen LogP contribution in [0.5, 0.6) is 0 Å². The van der Waals surface area contributed by atoms with Gasteiger partial charge in [0.2, 0.25) is 5.91 Å². The van der Waals surface area contributed by atoms with E-state index in [1.165, 1.54) is 13.8 Å². The summed E-state index contributed by atoms with van der Waals surface area (Å²) < 4.78 is 86.4. The fourth-order valence-electron chi connectivity index (χ4n) is 5.96. The van der Waals surface area contributed by atoms with Gasteiger partial charge in [0.1, 0.15) is 5.54 Å². The van der Waals surface area contributed by atoms with Crippen LogP contribution in [0.3, 0.4) is 0 Å². The summed E-state index contributed by atoms with van der Waals surface area (Å²) in [7, 11) is 0. The Morgan fingerprint density at radius 3 is 1.97 bits per heavy atom. The minimum atomic E-state index is -4.95. The minimum Gasteiger partial charge on any atom is -0.373 e. The lowest BCUT2D eigenvalue weighted by atomic mass is 9.63. The molecule has 0 bridgehead atoms. The van der Waals surface area contributed by atoms with Gasteiger partial charge in [-0.3, -0.25) is 9.59 Å². The standard InChI is InChI=1S/C29H31F6NO3/c1-19(21-15-23(28(30,31)32)17-24(16-21)29(33,34)35)39-18-26(22-7-4-3-5-8-22)10-12-27(13-11-26,20(2)37)36-14-6-9-25(36)38/h3-5,7-8,15-17,19H,6,9-14,18H2,1-2H3. The smallest absolute Gasteiger partial charge is 0.373 e. The molecule has 2 aliphatic rings. The summed E-state index contributed by atoms with van der Waals surface area (Å²) in [5, 5.41) is 0. The second-order valence-corrected chi connectivity index (χ2v) is 10.7. The van der Waals surface area contributed by atoms with Crippen molar-refractivity contribution in [1.29, 1.82) is 0 Å². The van der Waals surface area contributed by atoms with Gasteiger partial charge in [-0.15, -0.1) is 0 Å². The number of nitrogens with zero attached hydrogens (tertiary/aromatic N) is 1. The van der Waals surface area contributed by atoms with Crippen molar-refractivity contribution in [2.24, 2.45) is 0 Å². The van der Waals surface area contributed by atoms with Gasteiger partial charge in [-0.25, -0.2) is 0 Å². The molecule has 1 saturated carbocycles. The molecule has 4 rings (SSSR count).